The maximum atomic E-state index is 12.3. The predicted octanol–water partition coefficient (Wildman–Crippen LogP) is 1.87. The molecule has 3 aromatic rings. The van der Waals surface area contributed by atoms with Gasteiger partial charge in [0.05, 0.1) is 30.4 Å². The van der Waals surface area contributed by atoms with Crippen molar-refractivity contribution in [3.05, 3.63) is 66.2 Å². The first-order valence-corrected chi connectivity index (χ1v) is 7.15. The van der Waals surface area contributed by atoms with Gasteiger partial charge in [-0.05, 0) is 24.3 Å². The van der Waals surface area contributed by atoms with Crippen LogP contribution in [0.15, 0.2) is 59.3 Å². The summed E-state index contributed by atoms with van der Waals surface area (Å²) in [4.78, 5) is 28.2. The summed E-state index contributed by atoms with van der Waals surface area (Å²) in [6, 6.07) is 12.5. The number of nitrogens with zero attached hydrogens (tertiary/aromatic N) is 1. The molecule has 0 aliphatic heterocycles. The molecule has 2 aromatic heterocycles. The van der Waals surface area contributed by atoms with Crippen LogP contribution in [-0.2, 0) is 11.3 Å². The second kappa shape index (κ2) is 6.74. The van der Waals surface area contributed by atoms with E-state index in [1.807, 2.05) is 24.3 Å². The van der Waals surface area contributed by atoms with Crippen LogP contribution in [0.3, 0.4) is 0 Å². The number of pyridine rings is 1. The van der Waals surface area contributed by atoms with E-state index in [1.54, 1.807) is 24.4 Å². The van der Waals surface area contributed by atoms with Crippen molar-refractivity contribution in [3.63, 3.8) is 0 Å². The number of para-hydroxylation sites is 1. The molecule has 2 N–H and O–H groups in total. The summed E-state index contributed by atoms with van der Waals surface area (Å²) in [6.45, 7) is 0.191. The molecule has 0 unspecified atom stereocenters. The van der Waals surface area contributed by atoms with Crippen LogP contribution < -0.4 is 10.6 Å². The zero-order chi connectivity index (χ0) is 16.1. The number of hydrogen-bond acceptors (Lipinski definition) is 4. The summed E-state index contributed by atoms with van der Waals surface area (Å²) in [6.07, 6.45) is 3.12. The SMILES string of the molecule is O=C(CNC(=O)c1ccnc2ccccc12)NCc1ccco1. The van der Waals surface area contributed by atoms with Crippen molar-refractivity contribution in [3.8, 4) is 0 Å². The lowest BCUT2D eigenvalue weighted by molar-refractivity contribution is -0.120. The maximum absolute atomic E-state index is 12.3. The van der Waals surface area contributed by atoms with Crippen LogP contribution in [0.5, 0.6) is 0 Å². The highest BCUT2D eigenvalue weighted by molar-refractivity contribution is 6.06. The van der Waals surface area contributed by atoms with Crippen molar-refractivity contribution >= 4 is 22.7 Å². The monoisotopic (exact) mass is 309 g/mol. The van der Waals surface area contributed by atoms with Crippen molar-refractivity contribution in [2.45, 2.75) is 6.54 Å². The fourth-order valence-corrected chi connectivity index (χ4v) is 2.21. The van der Waals surface area contributed by atoms with E-state index in [9.17, 15) is 9.59 Å². The fourth-order valence-electron chi connectivity index (χ4n) is 2.21. The van der Waals surface area contributed by atoms with Crippen molar-refractivity contribution in [2.24, 2.45) is 0 Å². The normalized spacial score (nSPS) is 10.4. The number of rotatable bonds is 5. The summed E-state index contributed by atoms with van der Waals surface area (Å²) >= 11 is 0. The van der Waals surface area contributed by atoms with Crippen molar-refractivity contribution in [1.29, 1.82) is 0 Å². The topological polar surface area (TPSA) is 84.2 Å². The minimum atomic E-state index is -0.309. The van der Waals surface area contributed by atoms with Crippen LogP contribution in [0.25, 0.3) is 10.9 Å². The number of amides is 2. The third-order valence-electron chi connectivity index (χ3n) is 3.34. The molecule has 0 fully saturated rings. The smallest absolute Gasteiger partial charge is 0.252 e. The Labute approximate surface area is 132 Å². The minimum absolute atomic E-state index is 0.101. The summed E-state index contributed by atoms with van der Waals surface area (Å²) < 4.78 is 5.12. The summed E-state index contributed by atoms with van der Waals surface area (Å²) in [5.41, 5.74) is 1.23. The van der Waals surface area contributed by atoms with Gasteiger partial charge in [-0.25, -0.2) is 0 Å². The van der Waals surface area contributed by atoms with Gasteiger partial charge in [0.15, 0.2) is 0 Å². The number of nitrogens with one attached hydrogen (secondary N) is 2. The molecule has 6 nitrogen and oxygen atoms in total. The molecule has 0 aliphatic rings. The lowest BCUT2D eigenvalue weighted by Gasteiger charge is -2.08. The Morgan fingerprint density at radius 2 is 1.91 bits per heavy atom. The molecular formula is C17H15N3O3. The first-order chi connectivity index (χ1) is 11.2. The van der Waals surface area contributed by atoms with Gasteiger partial charge in [0.25, 0.3) is 5.91 Å². The molecule has 0 saturated heterocycles. The summed E-state index contributed by atoms with van der Waals surface area (Å²) in [5.74, 6) is 0.0645. The minimum Gasteiger partial charge on any atom is -0.467 e. The van der Waals surface area contributed by atoms with Crippen molar-refractivity contribution < 1.29 is 14.0 Å². The van der Waals surface area contributed by atoms with E-state index < -0.39 is 0 Å². The highest BCUT2D eigenvalue weighted by Crippen LogP contribution is 2.15. The zero-order valence-electron chi connectivity index (χ0n) is 12.3. The zero-order valence-corrected chi connectivity index (χ0v) is 12.3. The van der Waals surface area contributed by atoms with Gasteiger partial charge >= 0.3 is 0 Å². The third kappa shape index (κ3) is 3.55. The van der Waals surface area contributed by atoms with E-state index in [0.29, 0.717) is 17.9 Å². The molecule has 0 bridgehead atoms. The summed E-state index contributed by atoms with van der Waals surface area (Å²) in [5, 5.41) is 6.03. The average molecular weight is 309 g/mol. The number of hydrogen-bond donors (Lipinski definition) is 2. The molecule has 1 aromatic carbocycles. The highest BCUT2D eigenvalue weighted by atomic mass is 16.3. The lowest BCUT2D eigenvalue weighted by Crippen LogP contribution is -2.36. The molecule has 23 heavy (non-hydrogen) atoms. The molecule has 0 aliphatic carbocycles. The quantitative estimate of drug-likeness (QED) is 0.753. The average Bonchev–Trinajstić information content (AvgIpc) is 3.11. The number of aromatic nitrogens is 1. The van der Waals surface area contributed by atoms with E-state index in [-0.39, 0.29) is 18.4 Å². The first-order valence-electron chi connectivity index (χ1n) is 7.15. The highest BCUT2D eigenvalue weighted by Gasteiger charge is 2.11. The predicted molar refractivity (Wildman–Crippen MR) is 84.6 cm³/mol. The number of fused-ring (bicyclic) bond motifs is 1. The second-order valence-electron chi connectivity index (χ2n) is 4.91. The van der Waals surface area contributed by atoms with E-state index >= 15 is 0 Å². The molecule has 2 amide bonds. The number of benzene rings is 1. The van der Waals surface area contributed by atoms with Crippen LogP contribution in [0, 0.1) is 0 Å². The number of carbonyl (C=O) groups is 2. The van der Waals surface area contributed by atoms with E-state index in [2.05, 4.69) is 15.6 Å². The van der Waals surface area contributed by atoms with Crippen LogP contribution in [0.1, 0.15) is 16.1 Å². The van der Waals surface area contributed by atoms with E-state index in [1.165, 1.54) is 6.26 Å². The molecule has 3 rings (SSSR count). The van der Waals surface area contributed by atoms with Gasteiger partial charge in [0, 0.05) is 11.6 Å². The summed E-state index contributed by atoms with van der Waals surface area (Å²) in [7, 11) is 0. The van der Waals surface area contributed by atoms with Gasteiger partial charge < -0.3 is 15.1 Å². The number of carbonyl (C=O) groups excluding carboxylic acids is 2. The van der Waals surface area contributed by atoms with Crippen LogP contribution in [0.4, 0.5) is 0 Å². The number of furan rings is 1. The third-order valence-corrected chi connectivity index (χ3v) is 3.34. The Kier molecular flexibility index (Phi) is 4.33. The Morgan fingerprint density at radius 1 is 1.04 bits per heavy atom. The Morgan fingerprint density at radius 3 is 2.74 bits per heavy atom. The molecule has 116 valence electrons. The molecule has 0 spiro atoms. The van der Waals surface area contributed by atoms with Crippen molar-refractivity contribution in [2.75, 3.05) is 6.54 Å². The van der Waals surface area contributed by atoms with Crippen LogP contribution in [-0.4, -0.2) is 23.3 Å². The Balaban J connectivity index is 1.59. The maximum Gasteiger partial charge on any atom is 0.252 e. The van der Waals surface area contributed by atoms with Gasteiger partial charge in [-0.15, -0.1) is 0 Å². The van der Waals surface area contributed by atoms with E-state index in [4.69, 9.17) is 4.42 Å². The second-order valence-corrected chi connectivity index (χ2v) is 4.91. The van der Waals surface area contributed by atoms with Crippen molar-refractivity contribution in [1.82, 2.24) is 15.6 Å². The van der Waals surface area contributed by atoms with Gasteiger partial charge in [-0.1, -0.05) is 18.2 Å². The molecule has 0 saturated carbocycles. The molecule has 0 atom stereocenters. The Bertz CT molecular complexity index is 823. The van der Waals surface area contributed by atoms with Gasteiger partial charge in [-0.2, -0.15) is 0 Å². The molecule has 6 heteroatoms. The largest absolute Gasteiger partial charge is 0.467 e. The van der Waals surface area contributed by atoms with Crippen LogP contribution >= 0.6 is 0 Å². The lowest BCUT2D eigenvalue weighted by atomic mass is 10.1. The standard InChI is InChI=1S/C17H15N3O3/c21-16(19-10-12-4-3-9-23-12)11-20-17(22)14-7-8-18-15-6-2-1-5-13(14)15/h1-9H,10-11H2,(H,19,21)(H,20,22). The Hall–Kier alpha value is -3.15. The van der Waals surface area contributed by atoms with Gasteiger partial charge in [-0.3, -0.25) is 14.6 Å². The van der Waals surface area contributed by atoms with Gasteiger partial charge in [0.2, 0.25) is 5.91 Å². The first kappa shape index (κ1) is 14.8. The molecule has 2 heterocycles. The molecular weight excluding hydrogens is 294 g/mol. The van der Waals surface area contributed by atoms with Gasteiger partial charge in [0.1, 0.15) is 5.76 Å². The van der Waals surface area contributed by atoms with E-state index in [0.717, 1.165) is 10.9 Å². The fraction of sp³-hybridized carbons (Fsp3) is 0.118. The molecule has 0 radical (unpaired) electrons. The van der Waals surface area contributed by atoms with Crippen LogP contribution in [0.2, 0.25) is 0 Å².